The SMILES string of the molecule is O=S([O-])c1cc2ccccc2cn1. The zero-order chi connectivity index (χ0) is 9.26. The molecule has 0 saturated heterocycles. The first kappa shape index (κ1) is 8.34. The lowest BCUT2D eigenvalue weighted by molar-refractivity contribution is 0.533. The molecular formula is C9H6NO2S-. The normalized spacial score (nSPS) is 13.0. The second-order valence-electron chi connectivity index (χ2n) is 2.60. The molecule has 0 aliphatic heterocycles. The lowest BCUT2D eigenvalue weighted by atomic mass is 10.2. The van der Waals surface area contributed by atoms with Gasteiger partial charge in [0.05, 0.1) is 0 Å². The molecule has 0 radical (unpaired) electrons. The molecular weight excluding hydrogens is 186 g/mol. The maximum Gasteiger partial charge on any atom is 0.114 e. The standard InChI is InChI=1S/C9H7NO2S/c11-13(12)9-5-7-3-1-2-4-8(7)6-10-9/h1-6H,(H,11,12)/p-1. The quantitative estimate of drug-likeness (QED) is 0.643. The van der Waals surface area contributed by atoms with Crippen LogP contribution in [0.1, 0.15) is 0 Å². The number of nitrogens with zero attached hydrogens (tertiary/aromatic N) is 1. The van der Waals surface area contributed by atoms with Gasteiger partial charge in [0, 0.05) is 11.6 Å². The first-order valence-corrected chi connectivity index (χ1v) is 4.79. The Morgan fingerprint density at radius 2 is 1.92 bits per heavy atom. The number of hydrogen-bond acceptors (Lipinski definition) is 3. The van der Waals surface area contributed by atoms with Crippen LogP contribution in [0.5, 0.6) is 0 Å². The summed E-state index contributed by atoms with van der Waals surface area (Å²) in [5, 5.41) is 1.91. The van der Waals surface area contributed by atoms with E-state index < -0.39 is 11.1 Å². The summed E-state index contributed by atoms with van der Waals surface area (Å²) in [5.74, 6) is 0. The largest absolute Gasteiger partial charge is 0.767 e. The zero-order valence-corrected chi connectivity index (χ0v) is 7.45. The van der Waals surface area contributed by atoms with Crippen LogP contribution in [0.2, 0.25) is 0 Å². The maximum absolute atomic E-state index is 10.6. The molecule has 2 aromatic rings. The average Bonchev–Trinajstić information content (AvgIpc) is 2.17. The molecule has 0 aliphatic rings. The molecule has 1 unspecified atom stereocenters. The predicted molar refractivity (Wildman–Crippen MR) is 48.9 cm³/mol. The van der Waals surface area contributed by atoms with Crippen molar-refractivity contribution in [3.63, 3.8) is 0 Å². The van der Waals surface area contributed by atoms with E-state index in [0.29, 0.717) is 0 Å². The van der Waals surface area contributed by atoms with Gasteiger partial charge < -0.3 is 4.55 Å². The molecule has 0 spiro atoms. The summed E-state index contributed by atoms with van der Waals surface area (Å²) in [4.78, 5) is 3.79. The van der Waals surface area contributed by atoms with E-state index in [1.165, 1.54) is 0 Å². The van der Waals surface area contributed by atoms with Crippen LogP contribution in [0.3, 0.4) is 0 Å². The van der Waals surface area contributed by atoms with Gasteiger partial charge in [-0.1, -0.05) is 24.3 Å². The highest BCUT2D eigenvalue weighted by atomic mass is 32.2. The van der Waals surface area contributed by atoms with E-state index in [1.807, 2.05) is 24.3 Å². The molecule has 0 fully saturated rings. The van der Waals surface area contributed by atoms with Gasteiger partial charge in [0.2, 0.25) is 0 Å². The molecule has 0 N–H and O–H groups in total. The summed E-state index contributed by atoms with van der Waals surface area (Å²) in [6, 6.07) is 9.04. The molecule has 0 bridgehead atoms. The van der Waals surface area contributed by atoms with Crippen LogP contribution in [-0.4, -0.2) is 13.7 Å². The van der Waals surface area contributed by atoms with Gasteiger partial charge in [-0.25, -0.2) is 4.98 Å². The van der Waals surface area contributed by atoms with Crippen molar-refractivity contribution in [3.8, 4) is 0 Å². The minimum atomic E-state index is -2.25. The van der Waals surface area contributed by atoms with E-state index in [2.05, 4.69) is 4.98 Å². The first-order valence-electron chi connectivity index (χ1n) is 3.71. The van der Waals surface area contributed by atoms with Crippen molar-refractivity contribution in [2.75, 3.05) is 0 Å². The molecule has 0 amide bonds. The molecule has 0 saturated carbocycles. The van der Waals surface area contributed by atoms with Gasteiger partial charge in [0.1, 0.15) is 5.03 Å². The number of aromatic nitrogens is 1. The lowest BCUT2D eigenvalue weighted by Crippen LogP contribution is -1.92. The summed E-state index contributed by atoms with van der Waals surface area (Å²) in [5.41, 5.74) is 0. The molecule has 13 heavy (non-hydrogen) atoms. The molecule has 3 nitrogen and oxygen atoms in total. The molecule has 2 rings (SSSR count). The Morgan fingerprint density at radius 3 is 2.62 bits per heavy atom. The third kappa shape index (κ3) is 1.59. The fourth-order valence-corrected chi connectivity index (χ4v) is 1.52. The monoisotopic (exact) mass is 192 g/mol. The van der Waals surface area contributed by atoms with Crippen LogP contribution in [-0.2, 0) is 11.1 Å². The molecule has 1 aromatic carbocycles. The van der Waals surface area contributed by atoms with E-state index in [-0.39, 0.29) is 5.03 Å². The highest BCUT2D eigenvalue weighted by Gasteiger charge is 1.96. The number of benzene rings is 1. The zero-order valence-electron chi connectivity index (χ0n) is 6.64. The van der Waals surface area contributed by atoms with Crippen LogP contribution in [0.25, 0.3) is 10.8 Å². The molecule has 0 aliphatic carbocycles. The van der Waals surface area contributed by atoms with Crippen molar-refractivity contribution in [2.24, 2.45) is 0 Å². The van der Waals surface area contributed by atoms with Crippen molar-refractivity contribution < 1.29 is 8.76 Å². The summed E-state index contributed by atoms with van der Waals surface area (Å²) in [6.45, 7) is 0. The van der Waals surface area contributed by atoms with Gasteiger partial charge in [0.15, 0.2) is 0 Å². The summed E-state index contributed by atoms with van der Waals surface area (Å²) in [6.07, 6.45) is 1.56. The highest BCUT2D eigenvalue weighted by molar-refractivity contribution is 7.79. The van der Waals surface area contributed by atoms with E-state index in [1.54, 1.807) is 12.3 Å². The Bertz CT molecular complexity index is 470. The Hall–Kier alpha value is -1.26. The molecule has 4 heteroatoms. The second kappa shape index (κ2) is 3.24. The van der Waals surface area contributed by atoms with Crippen LogP contribution >= 0.6 is 0 Å². The molecule has 1 heterocycles. The van der Waals surface area contributed by atoms with Crippen LogP contribution in [0.4, 0.5) is 0 Å². The first-order chi connectivity index (χ1) is 6.27. The second-order valence-corrected chi connectivity index (χ2v) is 3.49. The number of fused-ring (bicyclic) bond motifs is 1. The molecule has 1 aromatic heterocycles. The summed E-state index contributed by atoms with van der Waals surface area (Å²) < 4.78 is 21.2. The summed E-state index contributed by atoms with van der Waals surface area (Å²) >= 11 is -2.25. The van der Waals surface area contributed by atoms with Gasteiger partial charge >= 0.3 is 0 Å². The fourth-order valence-electron chi connectivity index (χ4n) is 1.15. The minimum Gasteiger partial charge on any atom is -0.767 e. The van der Waals surface area contributed by atoms with Crippen LogP contribution < -0.4 is 0 Å². The Balaban J connectivity index is 2.69. The van der Waals surface area contributed by atoms with Crippen molar-refractivity contribution in [2.45, 2.75) is 5.03 Å². The van der Waals surface area contributed by atoms with Gasteiger partial charge in [-0.2, -0.15) is 0 Å². The van der Waals surface area contributed by atoms with Crippen molar-refractivity contribution >= 4 is 21.9 Å². The third-order valence-corrected chi connectivity index (χ3v) is 2.34. The van der Waals surface area contributed by atoms with Crippen molar-refractivity contribution in [1.82, 2.24) is 4.98 Å². The number of hydrogen-bond donors (Lipinski definition) is 0. The Kier molecular flexibility index (Phi) is 2.08. The molecule has 66 valence electrons. The molecule has 1 atom stereocenters. The number of pyridine rings is 1. The van der Waals surface area contributed by atoms with E-state index in [0.717, 1.165) is 10.8 Å². The third-order valence-electron chi connectivity index (χ3n) is 1.78. The van der Waals surface area contributed by atoms with Gasteiger partial charge in [-0.05, 0) is 22.5 Å². The van der Waals surface area contributed by atoms with E-state index in [4.69, 9.17) is 0 Å². The topological polar surface area (TPSA) is 53.0 Å². The summed E-state index contributed by atoms with van der Waals surface area (Å²) in [7, 11) is 0. The lowest BCUT2D eigenvalue weighted by Gasteiger charge is -2.04. The van der Waals surface area contributed by atoms with E-state index >= 15 is 0 Å². The average molecular weight is 192 g/mol. The van der Waals surface area contributed by atoms with E-state index in [9.17, 15) is 8.76 Å². The van der Waals surface area contributed by atoms with Gasteiger partial charge in [0.25, 0.3) is 0 Å². The van der Waals surface area contributed by atoms with Crippen LogP contribution in [0, 0.1) is 0 Å². The fraction of sp³-hybridized carbons (Fsp3) is 0. The van der Waals surface area contributed by atoms with Crippen molar-refractivity contribution in [1.29, 1.82) is 0 Å². The highest BCUT2D eigenvalue weighted by Crippen LogP contribution is 2.14. The Labute approximate surface area is 77.7 Å². The van der Waals surface area contributed by atoms with Crippen LogP contribution in [0.15, 0.2) is 41.6 Å². The van der Waals surface area contributed by atoms with Gasteiger partial charge in [-0.3, -0.25) is 4.21 Å². The van der Waals surface area contributed by atoms with Gasteiger partial charge in [-0.15, -0.1) is 0 Å². The predicted octanol–water partition coefficient (Wildman–Crippen LogP) is 1.47. The minimum absolute atomic E-state index is 0.0821. The smallest absolute Gasteiger partial charge is 0.114 e. The van der Waals surface area contributed by atoms with Crippen molar-refractivity contribution in [3.05, 3.63) is 36.5 Å². The number of rotatable bonds is 1. The Morgan fingerprint density at radius 1 is 1.23 bits per heavy atom. The maximum atomic E-state index is 10.6.